The summed E-state index contributed by atoms with van der Waals surface area (Å²) in [7, 11) is 0. The van der Waals surface area contributed by atoms with Crippen molar-refractivity contribution in [3.63, 3.8) is 0 Å². The van der Waals surface area contributed by atoms with Gasteiger partial charge in [-0.2, -0.15) is 0 Å². The van der Waals surface area contributed by atoms with Crippen LogP contribution in [-0.4, -0.2) is 11.8 Å². The van der Waals surface area contributed by atoms with E-state index in [9.17, 15) is 14.0 Å². The molecule has 4 nitrogen and oxygen atoms in total. The number of carbonyl (C=O) groups excluding carboxylic acids is 2. The molecule has 0 aliphatic carbocycles. The molecule has 0 saturated carbocycles. The lowest BCUT2D eigenvalue weighted by atomic mass is 10.1. The Hall–Kier alpha value is -2.69. The molecule has 0 aliphatic rings. The van der Waals surface area contributed by atoms with Gasteiger partial charge in [0.1, 0.15) is 5.82 Å². The predicted octanol–water partition coefficient (Wildman–Crippen LogP) is 2.14. The summed E-state index contributed by atoms with van der Waals surface area (Å²) in [5.41, 5.74) is 6.77. The second-order valence-electron chi connectivity index (χ2n) is 4.68. The Morgan fingerprint density at radius 1 is 1.05 bits per heavy atom. The first-order chi connectivity index (χ1) is 10.0. The van der Waals surface area contributed by atoms with Crippen LogP contribution in [0.5, 0.6) is 0 Å². The maximum Gasteiger partial charge on any atom is 0.269 e. The Balaban J connectivity index is 1.86. The van der Waals surface area contributed by atoms with Crippen molar-refractivity contribution in [2.75, 3.05) is 0 Å². The van der Waals surface area contributed by atoms with E-state index >= 15 is 0 Å². The summed E-state index contributed by atoms with van der Waals surface area (Å²) in [6.07, 6.45) is 0.0639. The third-order valence-electron chi connectivity index (χ3n) is 2.87. The summed E-state index contributed by atoms with van der Waals surface area (Å²) >= 11 is 0. The number of amides is 2. The number of hydrogen-bond acceptors (Lipinski definition) is 2. The maximum atomic E-state index is 12.7. The first kappa shape index (κ1) is 14.7. The van der Waals surface area contributed by atoms with Crippen LogP contribution in [0.4, 0.5) is 4.39 Å². The smallest absolute Gasteiger partial charge is 0.269 e. The monoisotopic (exact) mass is 286 g/mol. The fourth-order valence-corrected chi connectivity index (χ4v) is 1.82. The molecule has 2 aromatic carbocycles. The quantitative estimate of drug-likeness (QED) is 0.849. The lowest BCUT2D eigenvalue weighted by Gasteiger charge is -2.08. The summed E-state index contributed by atoms with van der Waals surface area (Å²) in [6.45, 7) is 1.88. The van der Waals surface area contributed by atoms with Crippen LogP contribution in [0.15, 0.2) is 48.5 Å². The normalized spacial score (nSPS) is 10.0. The molecule has 0 spiro atoms. The fraction of sp³-hybridized carbons (Fsp3) is 0.125. The predicted molar refractivity (Wildman–Crippen MR) is 76.9 cm³/mol. The van der Waals surface area contributed by atoms with E-state index < -0.39 is 0 Å². The lowest BCUT2D eigenvalue weighted by molar-refractivity contribution is -0.121. The molecule has 0 aliphatic heterocycles. The molecule has 0 aromatic heterocycles. The van der Waals surface area contributed by atoms with Crippen LogP contribution in [0.3, 0.4) is 0 Å². The van der Waals surface area contributed by atoms with E-state index in [1.807, 2.05) is 13.0 Å². The summed E-state index contributed by atoms with van der Waals surface area (Å²) in [5.74, 6) is -1.11. The molecule has 108 valence electrons. The minimum Gasteiger partial charge on any atom is -0.273 e. The highest BCUT2D eigenvalue weighted by Crippen LogP contribution is 2.04. The average Bonchev–Trinajstić information content (AvgIpc) is 2.47. The van der Waals surface area contributed by atoms with Gasteiger partial charge < -0.3 is 0 Å². The highest BCUT2D eigenvalue weighted by molar-refractivity contribution is 5.95. The van der Waals surface area contributed by atoms with Gasteiger partial charge in [0.2, 0.25) is 5.91 Å². The second kappa shape index (κ2) is 6.65. The average molecular weight is 286 g/mol. The number of aryl methyl sites for hydroxylation is 1. The van der Waals surface area contributed by atoms with Gasteiger partial charge in [-0.1, -0.05) is 29.8 Å². The fourth-order valence-electron chi connectivity index (χ4n) is 1.82. The number of hydrogen-bond donors (Lipinski definition) is 2. The number of hydrazine groups is 1. The van der Waals surface area contributed by atoms with Crippen molar-refractivity contribution in [3.8, 4) is 0 Å². The molecule has 0 heterocycles. The van der Waals surface area contributed by atoms with E-state index in [2.05, 4.69) is 10.9 Å². The Kier molecular flexibility index (Phi) is 4.66. The van der Waals surface area contributed by atoms with Crippen LogP contribution in [0.25, 0.3) is 0 Å². The van der Waals surface area contributed by atoms with Crippen LogP contribution in [0.2, 0.25) is 0 Å². The number of halogens is 1. The molecule has 0 fully saturated rings. The topological polar surface area (TPSA) is 58.2 Å². The van der Waals surface area contributed by atoms with Crippen molar-refractivity contribution >= 4 is 11.8 Å². The minimum absolute atomic E-state index is 0.0639. The third kappa shape index (κ3) is 4.42. The van der Waals surface area contributed by atoms with Crippen LogP contribution >= 0.6 is 0 Å². The van der Waals surface area contributed by atoms with Crippen LogP contribution in [0, 0.1) is 12.7 Å². The molecule has 0 unspecified atom stereocenters. The van der Waals surface area contributed by atoms with Crippen molar-refractivity contribution < 1.29 is 14.0 Å². The lowest BCUT2D eigenvalue weighted by Crippen LogP contribution is -2.42. The number of carbonyl (C=O) groups is 2. The summed E-state index contributed by atoms with van der Waals surface area (Å²) in [4.78, 5) is 23.5. The standard InChI is InChI=1S/C16H15FN2O2/c1-11-3-2-4-13(9-11)16(21)19-18-15(20)10-12-5-7-14(17)8-6-12/h2-9H,10H2,1H3,(H,18,20)(H,19,21). The second-order valence-corrected chi connectivity index (χ2v) is 4.68. The highest BCUT2D eigenvalue weighted by Gasteiger charge is 2.08. The third-order valence-corrected chi connectivity index (χ3v) is 2.87. The Labute approximate surface area is 122 Å². The van der Waals surface area contributed by atoms with E-state index in [4.69, 9.17) is 0 Å². The SMILES string of the molecule is Cc1cccc(C(=O)NNC(=O)Cc2ccc(F)cc2)c1. The summed E-state index contributed by atoms with van der Waals surface area (Å²) in [5, 5.41) is 0. The van der Waals surface area contributed by atoms with Gasteiger partial charge in [-0.25, -0.2) is 4.39 Å². The molecular formula is C16H15FN2O2. The zero-order valence-corrected chi connectivity index (χ0v) is 11.5. The van der Waals surface area contributed by atoms with Crippen LogP contribution in [-0.2, 0) is 11.2 Å². The van der Waals surface area contributed by atoms with E-state index in [1.165, 1.54) is 24.3 Å². The zero-order chi connectivity index (χ0) is 15.2. The molecule has 0 saturated heterocycles. The Morgan fingerprint density at radius 3 is 2.43 bits per heavy atom. The molecule has 0 atom stereocenters. The van der Waals surface area contributed by atoms with Crippen molar-refractivity contribution in [3.05, 3.63) is 71.0 Å². The molecule has 5 heteroatoms. The number of rotatable bonds is 3. The van der Waals surface area contributed by atoms with Gasteiger partial charge in [0, 0.05) is 5.56 Å². The zero-order valence-electron chi connectivity index (χ0n) is 11.5. The highest BCUT2D eigenvalue weighted by atomic mass is 19.1. The Bertz CT molecular complexity index is 654. The summed E-state index contributed by atoms with van der Waals surface area (Å²) in [6, 6.07) is 12.7. The van der Waals surface area contributed by atoms with E-state index in [0.717, 1.165) is 5.56 Å². The van der Waals surface area contributed by atoms with Crippen molar-refractivity contribution in [2.24, 2.45) is 0 Å². The first-order valence-electron chi connectivity index (χ1n) is 6.45. The van der Waals surface area contributed by atoms with Gasteiger partial charge in [0.05, 0.1) is 6.42 Å². The van der Waals surface area contributed by atoms with Crippen molar-refractivity contribution in [1.82, 2.24) is 10.9 Å². The van der Waals surface area contributed by atoms with Gasteiger partial charge in [0.25, 0.3) is 5.91 Å². The molecule has 2 aromatic rings. The van der Waals surface area contributed by atoms with Crippen molar-refractivity contribution in [1.29, 1.82) is 0 Å². The van der Waals surface area contributed by atoms with Gasteiger partial charge >= 0.3 is 0 Å². The maximum absolute atomic E-state index is 12.7. The molecule has 2 amide bonds. The molecule has 0 bridgehead atoms. The first-order valence-corrected chi connectivity index (χ1v) is 6.45. The van der Waals surface area contributed by atoms with E-state index in [0.29, 0.717) is 11.1 Å². The minimum atomic E-state index is -0.383. The number of benzene rings is 2. The van der Waals surface area contributed by atoms with Crippen LogP contribution < -0.4 is 10.9 Å². The largest absolute Gasteiger partial charge is 0.273 e. The van der Waals surface area contributed by atoms with Gasteiger partial charge in [0.15, 0.2) is 0 Å². The van der Waals surface area contributed by atoms with Gasteiger partial charge in [-0.05, 0) is 36.8 Å². The molecular weight excluding hydrogens is 271 g/mol. The van der Waals surface area contributed by atoms with Gasteiger partial charge in [-0.3, -0.25) is 20.4 Å². The molecule has 21 heavy (non-hydrogen) atoms. The Morgan fingerprint density at radius 2 is 1.76 bits per heavy atom. The molecule has 2 N–H and O–H groups in total. The van der Waals surface area contributed by atoms with Crippen molar-refractivity contribution in [2.45, 2.75) is 13.3 Å². The van der Waals surface area contributed by atoms with Gasteiger partial charge in [-0.15, -0.1) is 0 Å². The van der Waals surface area contributed by atoms with E-state index in [-0.39, 0.29) is 24.1 Å². The molecule has 2 rings (SSSR count). The van der Waals surface area contributed by atoms with E-state index in [1.54, 1.807) is 18.2 Å². The van der Waals surface area contributed by atoms with Crippen LogP contribution in [0.1, 0.15) is 21.5 Å². The number of nitrogens with one attached hydrogen (secondary N) is 2. The summed E-state index contributed by atoms with van der Waals surface area (Å²) < 4.78 is 12.7. The molecule has 0 radical (unpaired) electrons.